The summed E-state index contributed by atoms with van der Waals surface area (Å²) in [5, 5.41) is 0. The first-order valence-electron chi connectivity index (χ1n) is 6.81. The van der Waals surface area contributed by atoms with Crippen LogP contribution < -0.4 is 10.6 Å². The summed E-state index contributed by atoms with van der Waals surface area (Å²) >= 11 is 5.13. The summed E-state index contributed by atoms with van der Waals surface area (Å²) in [4.78, 5) is 2.77. The van der Waals surface area contributed by atoms with Crippen LogP contribution in [0.15, 0.2) is 48.5 Å². The van der Waals surface area contributed by atoms with Gasteiger partial charge < -0.3 is 10.6 Å². The maximum Gasteiger partial charge on any atom is 0.104 e. The Hall–Kier alpha value is -1.87. The van der Waals surface area contributed by atoms with Crippen LogP contribution in [0.4, 0.5) is 5.69 Å². The second kappa shape index (κ2) is 6.53. The fraction of sp³-hybridized carbons (Fsp3) is 0.235. The Morgan fingerprint density at radius 3 is 2.35 bits per heavy atom. The number of hydrogen-bond donors (Lipinski definition) is 1. The maximum atomic E-state index is 5.80. The molecule has 0 unspecified atom stereocenters. The smallest absolute Gasteiger partial charge is 0.104 e. The Kier molecular flexibility index (Phi) is 4.74. The van der Waals surface area contributed by atoms with Crippen LogP contribution in [-0.2, 0) is 6.54 Å². The number of aryl methyl sites for hydroxylation is 1. The van der Waals surface area contributed by atoms with Gasteiger partial charge in [0, 0.05) is 24.3 Å². The molecule has 0 saturated carbocycles. The Morgan fingerprint density at radius 1 is 1.10 bits per heavy atom. The molecule has 2 aromatic carbocycles. The number of hydrogen-bond acceptors (Lipinski definition) is 2. The van der Waals surface area contributed by atoms with Crippen molar-refractivity contribution in [2.75, 3.05) is 11.4 Å². The van der Waals surface area contributed by atoms with Gasteiger partial charge in [0.1, 0.15) is 4.99 Å². The van der Waals surface area contributed by atoms with Crippen LogP contribution in [0.1, 0.15) is 23.6 Å². The molecule has 0 heterocycles. The van der Waals surface area contributed by atoms with E-state index in [1.54, 1.807) is 0 Å². The standard InChI is InChI=1S/C17H20N2S/c1-3-19(15-10-8-13(2)9-11-15)12-14-6-4-5-7-16(14)17(18)20/h4-11H,3,12H2,1-2H3,(H2,18,20). The minimum absolute atomic E-state index is 0.459. The minimum atomic E-state index is 0.459. The van der Waals surface area contributed by atoms with Gasteiger partial charge in [-0.3, -0.25) is 0 Å². The summed E-state index contributed by atoms with van der Waals surface area (Å²) in [5.74, 6) is 0. The predicted octanol–water partition coefficient (Wildman–Crippen LogP) is 3.66. The molecule has 20 heavy (non-hydrogen) atoms. The van der Waals surface area contributed by atoms with Crippen LogP contribution in [0.25, 0.3) is 0 Å². The third-order valence-corrected chi connectivity index (χ3v) is 3.64. The predicted molar refractivity (Wildman–Crippen MR) is 90.2 cm³/mol. The first-order valence-corrected chi connectivity index (χ1v) is 7.22. The Balaban J connectivity index is 2.27. The summed E-state index contributed by atoms with van der Waals surface area (Å²) in [6, 6.07) is 16.7. The van der Waals surface area contributed by atoms with Gasteiger partial charge in [0.15, 0.2) is 0 Å². The van der Waals surface area contributed by atoms with E-state index < -0.39 is 0 Å². The number of nitrogens with two attached hydrogens (primary N) is 1. The monoisotopic (exact) mass is 284 g/mol. The van der Waals surface area contributed by atoms with E-state index >= 15 is 0 Å². The summed E-state index contributed by atoms with van der Waals surface area (Å²) < 4.78 is 0. The van der Waals surface area contributed by atoms with Crippen LogP contribution in [0.3, 0.4) is 0 Å². The number of benzene rings is 2. The Morgan fingerprint density at radius 2 is 1.75 bits per heavy atom. The first-order chi connectivity index (χ1) is 9.61. The van der Waals surface area contributed by atoms with Crippen molar-refractivity contribution in [3.05, 3.63) is 65.2 Å². The molecule has 0 amide bonds. The minimum Gasteiger partial charge on any atom is -0.389 e. The molecule has 0 aromatic heterocycles. The molecule has 2 N–H and O–H groups in total. The highest BCUT2D eigenvalue weighted by Crippen LogP contribution is 2.19. The molecule has 104 valence electrons. The van der Waals surface area contributed by atoms with E-state index in [1.807, 2.05) is 18.2 Å². The van der Waals surface area contributed by atoms with E-state index in [1.165, 1.54) is 16.8 Å². The molecule has 0 aliphatic heterocycles. The average molecular weight is 284 g/mol. The number of nitrogens with zero attached hydrogens (tertiary/aromatic N) is 1. The number of thiocarbonyl (C=S) groups is 1. The fourth-order valence-electron chi connectivity index (χ4n) is 2.25. The molecule has 2 aromatic rings. The average Bonchev–Trinajstić information content (AvgIpc) is 2.46. The van der Waals surface area contributed by atoms with E-state index in [4.69, 9.17) is 18.0 Å². The molecule has 0 saturated heterocycles. The summed E-state index contributed by atoms with van der Waals surface area (Å²) in [6.07, 6.45) is 0. The highest BCUT2D eigenvalue weighted by Gasteiger charge is 2.09. The molecular formula is C17H20N2S. The SMILES string of the molecule is CCN(Cc1ccccc1C(N)=S)c1ccc(C)cc1. The van der Waals surface area contributed by atoms with E-state index in [0.29, 0.717) is 4.99 Å². The molecule has 3 heteroatoms. The van der Waals surface area contributed by atoms with E-state index in [9.17, 15) is 0 Å². The second-order valence-electron chi connectivity index (χ2n) is 4.87. The lowest BCUT2D eigenvalue weighted by Gasteiger charge is -2.24. The van der Waals surface area contributed by atoms with E-state index in [-0.39, 0.29) is 0 Å². The third-order valence-electron chi connectivity index (χ3n) is 3.42. The molecular weight excluding hydrogens is 264 g/mol. The van der Waals surface area contributed by atoms with Gasteiger partial charge in [0.25, 0.3) is 0 Å². The second-order valence-corrected chi connectivity index (χ2v) is 5.31. The Labute approximate surface area is 126 Å². The van der Waals surface area contributed by atoms with Gasteiger partial charge in [-0.05, 0) is 31.5 Å². The van der Waals surface area contributed by atoms with Crippen molar-refractivity contribution in [2.45, 2.75) is 20.4 Å². The van der Waals surface area contributed by atoms with Gasteiger partial charge in [0.2, 0.25) is 0 Å². The largest absolute Gasteiger partial charge is 0.389 e. The normalized spacial score (nSPS) is 10.3. The summed E-state index contributed by atoms with van der Waals surface area (Å²) in [5.41, 5.74) is 10.4. The summed E-state index contributed by atoms with van der Waals surface area (Å²) in [7, 11) is 0. The van der Waals surface area contributed by atoms with Crippen molar-refractivity contribution in [1.29, 1.82) is 0 Å². The van der Waals surface area contributed by atoms with Crippen LogP contribution in [-0.4, -0.2) is 11.5 Å². The molecule has 0 fully saturated rings. The first kappa shape index (κ1) is 14.5. The van der Waals surface area contributed by atoms with Gasteiger partial charge in [-0.15, -0.1) is 0 Å². The molecule has 0 bridgehead atoms. The van der Waals surface area contributed by atoms with Crippen LogP contribution in [0.2, 0.25) is 0 Å². The molecule has 0 atom stereocenters. The lowest BCUT2D eigenvalue weighted by atomic mass is 10.1. The van der Waals surface area contributed by atoms with Gasteiger partial charge in [0.05, 0.1) is 0 Å². The van der Waals surface area contributed by atoms with Crippen LogP contribution in [0.5, 0.6) is 0 Å². The number of anilines is 1. The van der Waals surface area contributed by atoms with Crippen molar-refractivity contribution in [1.82, 2.24) is 0 Å². The van der Waals surface area contributed by atoms with Gasteiger partial charge in [-0.2, -0.15) is 0 Å². The van der Waals surface area contributed by atoms with Crippen molar-refractivity contribution < 1.29 is 0 Å². The van der Waals surface area contributed by atoms with Gasteiger partial charge >= 0.3 is 0 Å². The molecule has 0 aliphatic rings. The zero-order valence-electron chi connectivity index (χ0n) is 12.0. The lowest BCUT2D eigenvalue weighted by Crippen LogP contribution is -2.24. The van der Waals surface area contributed by atoms with Crippen LogP contribution in [0, 0.1) is 6.92 Å². The molecule has 2 rings (SSSR count). The maximum absolute atomic E-state index is 5.80. The van der Waals surface area contributed by atoms with Crippen LogP contribution >= 0.6 is 12.2 Å². The molecule has 0 radical (unpaired) electrons. The van der Waals surface area contributed by atoms with E-state index in [0.717, 1.165) is 18.7 Å². The number of rotatable bonds is 5. The van der Waals surface area contributed by atoms with E-state index in [2.05, 4.69) is 49.1 Å². The lowest BCUT2D eigenvalue weighted by molar-refractivity contribution is 0.830. The highest BCUT2D eigenvalue weighted by atomic mass is 32.1. The molecule has 2 nitrogen and oxygen atoms in total. The zero-order valence-corrected chi connectivity index (χ0v) is 12.8. The Bertz CT molecular complexity index is 590. The quantitative estimate of drug-likeness (QED) is 0.850. The van der Waals surface area contributed by atoms with Crippen molar-refractivity contribution in [3.8, 4) is 0 Å². The topological polar surface area (TPSA) is 29.3 Å². The summed E-state index contributed by atoms with van der Waals surface area (Å²) in [6.45, 7) is 6.01. The van der Waals surface area contributed by atoms with Crippen molar-refractivity contribution in [3.63, 3.8) is 0 Å². The van der Waals surface area contributed by atoms with Crippen molar-refractivity contribution in [2.24, 2.45) is 5.73 Å². The molecule has 0 spiro atoms. The van der Waals surface area contributed by atoms with Gasteiger partial charge in [-0.1, -0.05) is 54.2 Å². The fourth-order valence-corrected chi connectivity index (χ4v) is 2.44. The van der Waals surface area contributed by atoms with Gasteiger partial charge in [-0.25, -0.2) is 0 Å². The van der Waals surface area contributed by atoms with Crippen molar-refractivity contribution >= 4 is 22.9 Å². The highest BCUT2D eigenvalue weighted by molar-refractivity contribution is 7.80. The third kappa shape index (κ3) is 3.36. The zero-order chi connectivity index (χ0) is 14.5. The molecule has 0 aliphatic carbocycles.